The van der Waals surface area contributed by atoms with Crippen molar-refractivity contribution in [3.8, 4) is 0 Å². The lowest BCUT2D eigenvalue weighted by Gasteiger charge is -2.24. The molecule has 3 aliphatic rings. The molecule has 0 radical (unpaired) electrons. The van der Waals surface area contributed by atoms with Crippen molar-refractivity contribution >= 4 is 5.97 Å². The first-order chi connectivity index (χ1) is 10.1. The molecular weight excluding hydrogens is 270 g/mol. The number of hydrogen-bond donors (Lipinski definition) is 2. The Morgan fingerprint density at radius 1 is 1.43 bits per heavy atom. The Bertz CT molecular complexity index is 585. The van der Waals surface area contributed by atoms with Crippen molar-refractivity contribution < 1.29 is 19.7 Å². The van der Waals surface area contributed by atoms with Gasteiger partial charge in [0.2, 0.25) is 0 Å². The summed E-state index contributed by atoms with van der Waals surface area (Å²) in [5, 5.41) is 20.8. The zero-order chi connectivity index (χ0) is 15.0. The highest BCUT2D eigenvalue weighted by Gasteiger charge is 2.40. The summed E-state index contributed by atoms with van der Waals surface area (Å²) in [4.78, 5) is 13.0. The quantitative estimate of drug-likeness (QED) is 0.759. The summed E-state index contributed by atoms with van der Waals surface area (Å²) >= 11 is 0. The molecule has 0 saturated heterocycles. The highest BCUT2D eigenvalue weighted by Crippen LogP contribution is 2.40. The molecule has 2 unspecified atom stereocenters. The number of rotatable bonds is 3. The Morgan fingerprint density at radius 2 is 2.24 bits per heavy atom. The summed E-state index contributed by atoms with van der Waals surface area (Å²) in [6, 6.07) is 0. The second kappa shape index (κ2) is 5.60. The van der Waals surface area contributed by atoms with Crippen molar-refractivity contribution in [3.05, 3.63) is 46.6 Å². The van der Waals surface area contributed by atoms with E-state index in [1.165, 1.54) is 10.5 Å². The maximum atomic E-state index is 11.6. The Balaban J connectivity index is 1.83. The van der Waals surface area contributed by atoms with Crippen LogP contribution in [0.3, 0.4) is 0 Å². The third kappa shape index (κ3) is 2.48. The monoisotopic (exact) mass is 289 g/mol. The van der Waals surface area contributed by atoms with Gasteiger partial charge in [-0.2, -0.15) is 0 Å². The van der Waals surface area contributed by atoms with Gasteiger partial charge in [0.1, 0.15) is 19.0 Å². The summed E-state index contributed by atoms with van der Waals surface area (Å²) < 4.78 is 4.89. The van der Waals surface area contributed by atoms with Crippen LogP contribution in [0.25, 0.3) is 0 Å². The highest BCUT2D eigenvalue weighted by atomic mass is 16.5. The molecule has 5 heteroatoms. The first-order valence-electron chi connectivity index (χ1n) is 7.20. The van der Waals surface area contributed by atoms with E-state index >= 15 is 0 Å². The predicted molar refractivity (Wildman–Crippen MR) is 76.9 cm³/mol. The van der Waals surface area contributed by atoms with E-state index in [1.807, 2.05) is 12.2 Å². The van der Waals surface area contributed by atoms with Crippen LogP contribution in [0.1, 0.15) is 19.8 Å². The summed E-state index contributed by atoms with van der Waals surface area (Å²) in [6.45, 7) is 1.89. The number of ether oxygens (including phenoxy) is 1. The maximum Gasteiger partial charge on any atom is 0.320 e. The molecular formula is C16H19NO4. The van der Waals surface area contributed by atoms with Crippen LogP contribution in [-0.4, -0.2) is 46.7 Å². The fourth-order valence-electron chi connectivity index (χ4n) is 3.03. The van der Waals surface area contributed by atoms with Crippen LogP contribution >= 0.6 is 0 Å². The van der Waals surface area contributed by atoms with E-state index in [-0.39, 0.29) is 13.2 Å². The predicted octanol–water partition coefficient (Wildman–Crippen LogP) is 1.01. The van der Waals surface area contributed by atoms with Crippen molar-refractivity contribution in [1.29, 1.82) is 0 Å². The molecule has 0 saturated carbocycles. The van der Waals surface area contributed by atoms with E-state index in [0.717, 1.165) is 17.6 Å². The van der Waals surface area contributed by atoms with Gasteiger partial charge < -0.3 is 14.9 Å². The van der Waals surface area contributed by atoms with Gasteiger partial charge in [-0.25, -0.2) is 4.90 Å². The second-order valence-electron chi connectivity index (χ2n) is 5.35. The zero-order valence-corrected chi connectivity index (χ0v) is 12.0. The maximum absolute atomic E-state index is 11.6. The number of carbonyl (C=O) groups excluding carboxylic acids is 1. The smallest absolute Gasteiger partial charge is 0.320 e. The topological polar surface area (TPSA) is 70.0 Å². The number of allylic oxidation sites excluding steroid dienone is 5. The normalized spacial score (nSPS) is 28.0. The third-order valence-corrected chi connectivity index (χ3v) is 4.07. The Kier molecular flexibility index (Phi) is 3.80. The number of aliphatic hydroxyl groups excluding tert-OH is 2. The molecule has 0 aromatic heterocycles. The number of nitrogens with zero attached hydrogens (tertiary/aromatic N) is 1. The molecule has 1 heterocycles. The van der Waals surface area contributed by atoms with Gasteiger partial charge in [-0.15, -0.1) is 0 Å². The van der Waals surface area contributed by atoms with E-state index < -0.39 is 18.4 Å². The SMILES string of the molecule is CCOC(=O)CN1C(O)C2=C(CC3=CCC=CC3=C2)C1O. The first-order valence-corrected chi connectivity index (χ1v) is 7.20. The van der Waals surface area contributed by atoms with Gasteiger partial charge in [0, 0.05) is 0 Å². The molecule has 0 spiro atoms. The molecule has 0 fully saturated rings. The van der Waals surface area contributed by atoms with Gasteiger partial charge in [-0.05, 0) is 48.1 Å². The minimum atomic E-state index is -0.969. The summed E-state index contributed by atoms with van der Waals surface area (Å²) in [6.07, 6.45) is 7.72. The second-order valence-corrected chi connectivity index (χ2v) is 5.35. The van der Waals surface area contributed by atoms with E-state index in [1.54, 1.807) is 6.92 Å². The van der Waals surface area contributed by atoms with E-state index in [0.29, 0.717) is 12.0 Å². The number of fused-ring (bicyclic) bond motifs is 1. The van der Waals surface area contributed by atoms with E-state index in [9.17, 15) is 15.0 Å². The Morgan fingerprint density at radius 3 is 3.00 bits per heavy atom. The molecule has 0 amide bonds. The van der Waals surface area contributed by atoms with Crippen LogP contribution in [0, 0.1) is 0 Å². The van der Waals surface area contributed by atoms with Crippen molar-refractivity contribution in [1.82, 2.24) is 4.90 Å². The van der Waals surface area contributed by atoms with Crippen molar-refractivity contribution in [2.45, 2.75) is 32.2 Å². The summed E-state index contributed by atoms with van der Waals surface area (Å²) in [5.41, 5.74) is 3.72. The largest absolute Gasteiger partial charge is 0.465 e. The summed E-state index contributed by atoms with van der Waals surface area (Å²) in [7, 11) is 0. The van der Waals surface area contributed by atoms with E-state index in [2.05, 4.69) is 12.2 Å². The minimum Gasteiger partial charge on any atom is -0.465 e. The molecule has 112 valence electrons. The van der Waals surface area contributed by atoms with Crippen LogP contribution < -0.4 is 0 Å². The molecule has 5 nitrogen and oxygen atoms in total. The molecule has 2 aliphatic carbocycles. The lowest BCUT2D eigenvalue weighted by Crippen LogP contribution is -2.42. The van der Waals surface area contributed by atoms with Crippen molar-refractivity contribution in [2.75, 3.05) is 13.2 Å². The van der Waals surface area contributed by atoms with E-state index in [4.69, 9.17) is 4.74 Å². The minimum absolute atomic E-state index is 0.124. The highest BCUT2D eigenvalue weighted by molar-refractivity contribution is 5.72. The average Bonchev–Trinajstić information content (AvgIpc) is 2.70. The molecule has 21 heavy (non-hydrogen) atoms. The van der Waals surface area contributed by atoms with Gasteiger partial charge in [0.15, 0.2) is 0 Å². The molecule has 3 rings (SSSR count). The van der Waals surface area contributed by atoms with Gasteiger partial charge in [-0.3, -0.25) is 4.79 Å². The van der Waals surface area contributed by atoms with Gasteiger partial charge >= 0.3 is 5.97 Å². The molecule has 0 bridgehead atoms. The average molecular weight is 289 g/mol. The fourth-order valence-corrected chi connectivity index (χ4v) is 3.03. The Labute approximate surface area is 123 Å². The first kappa shape index (κ1) is 14.3. The van der Waals surface area contributed by atoms with Crippen LogP contribution in [0.5, 0.6) is 0 Å². The van der Waals surface area contributed by atoms with Crippen molar-refractivity contribution in [3.63, 3.8) is 0 Å². The number of aliphatic hydroxyl groups is 2. The van der Waals surface area contributed by atoms with Crippen LogP contribution in [0.2, 0.25) is 0 Å². The number of carbonyl (C=O) groups is 1. The molecule has 2 N–H and O–H groups in total. The molecule has 0 aromatic rings. The molecule has 1 aliphatic heterocycles. The number of esters is 1. The summed E-state index contributed by atoms with van der Waals surface area (Å²) in [5.74, 6) is -0.445. The molecule has 2 atom stereocenters. The zero-order valence-electron chi connectivity index (χ0n) is 12.0. The fraction of sp³-hybridized carbons (Fsp3) is 0.438. The van der Waals surface area contributed by atoms with Crippen molar-refractivity contribution in [2.24, 2.45) is 0 Å². The lowest BCUT2D eigenvalue weighted by atomic mass is 9.86. The van der Waals surface area contributed by atoms with Gasteiger partial charge in [0.25, 0.3) is 0 Å². The lowest BCUT2D eigenvalue weighted by molar-refractivity contribution is -0.150. The Hall–Kier alpha value is -1.69. The van der Waals surface area contributed by atoms with Gasteiger partial charge in [0.05, 0.1) is 6.61 Å². The third-order valence-electron chi connectivity index (χ3n) is 4.07. The van der Waals surface area contributed by atoms with Crippen LogP contribution in [0.15, 0.2) is 46.6 Å². The van der Waals surface area contributed by atoms with Crippen LogP contribution in [0.4, 0.5) is 0 Å². The number of hydrogen-bond acceptors (Lipinski definition) is 5. The molecule has 0 aromatic carbocycles. The standard InChI is InChI=1S/C16H19NO4/c1-2-21-14(18)9-17-15(19)12-7-10-5-3-4-6-11(10)8-13(12)16(17)20/h3,5-7,15-16,19-20H,2,4,8-9H2,1H3. The van der Waals surface area contributed by atoms with Gasteiger partial charge in [-0.1, -0.05) is 18.2 Å². The van der Waals surface area contributed by atoms with Crippen LogP contribution in [-0.2, 0) is 9.53 Å².